The van der Waals surface area contributed by atoms with Crippen molar-refractivity contribution in [1.29, 1.82) is 0 Å². The molecule has 2 rings (SSSR count). The van der Waals surface area contributed by atoms with E-state index < -0.39 is 4.92 Å². The molecule has 0 unspecified atom stereocenters. The van der Waals surface area contributed by atoms with E-state index in [9.17, 15) is 10.1 Å². The average Bonchev–Trinajstić information content (AvgIpc) is 2.36. The van der Waals surface area contributed by atoms with Crippen molar-refractivity contribution in [2.24, 2.45) is 0 Å². The van der Waals surface area contributed by atoms with Gasteiger partial charge in [-0.3, -0.25) is 15.0 Å². The van der Waals surface area contributed by atoms with Gasteiger partial charge in [0.2, 0.25) is 0 Å². The van der Waals surface area contributed by atoms with Crippen LogP contribution >= 0.6 is 0 Å². The fourth-order valence-corrected chi connectivity index (χ4v) is 2.48. The number of non-ortho nitro benzene ring substituents is 1. The molecule has 1 aromatic carbocycles. The summed E-state index contributed by atoms with van der Waals surface area (Å²) in [5.41, 5.74) is 7.38. The van der Waals surface area contributed by atoms with Crippen LogP contribution < -0.4 is 5.73 Å². The molecule has 0 atom stereocenters. The minimum absolute atomic E-state index is 0.0740. The summed E-state index contributed by atoms with van der Waals surface area (Å²) in [7, 11) is 0. The highest BCUT2D eigenvalue weighted by molar-refractivity contribution is 5.52. The molecule has 110 valence electrons. The van der Waals surface area contributed by atoms with Gasteiger partial charge in [0.1, 0.15) is 0 Å². The first-order valence-electron chi connectivity index (χ1n) is 6.99. The van der Waals surface area contributed by atoms with E-state index in [0.717, 1.165) is 24.9 Å². The van der Waals surface area contributed by atoms with Crippen LogP contribution in [-0.2, 0) is 6.54 Å². The van der Waals surface area contributed by atoms with E-state index in [1.54, 1.807) is 12.1 Å². The van der Waals surface area contributed by atoms with E-state index in [4.69, 9.17) is 10.8 Å². The van der Waals surface area contributed by atoms with Crippen LogP contribution in [0.5, 0.6) is 0 Å². The second-order valence-electron chi connectivity index (χ2n) is 5.27. The summed E-state index contributed by atoms with van der Waals surface area (Å²) in [6.45, 7) is 1.56. The number of nitrogen functional groups attached to an aromatic ring is 1. The molecule has 0 spiro atoms. The maximum absolute atomic E-state index is 10.8. The number of aliphatic hydroxyl groups is 1. The number of anilines is 1. The predicted octanol–water partition coefficient (Wildman–Crippen LogP) is 1.91. The number of nitro groups is 1. The normalized spacial score (nSPS) is 15.3. The van der Waals surface area contributed by atoms with Crippen molar-refractivity contribution < 1.29 is 10.0 Å². The molecule has 0 aliphatic heterocycles. The summed E-state index contributed by atoms with van der Waals surface area (Å²) < 4.78 is 0. The van der Waals surface area contributed by atoms with Gasteiger partial charge in [0.15, 0.2) is 0 Å². The molecular formula is C14H21N3O3. The molecule has 0 saturated heterocycles. The molecule has 0 bridgehead atoms. The lowest BCUT2D eigenvalue weighted by Gasteiger charge is -2.37. The monoisotopic (exact) mass is 279 g/mol. The van der Waals surface area contributed by atoms with Crippen molar-refractivity contribution in [1.82, 2.24) is 4.90 Å². The Balaban J connectivity index is 2.12. The standard InChI is InChI=1S/C14H21N3O3/c15-14-6-5-13(17(19)20)9-11(14)10-16(7-2-8-18)12-3-1-4-12/h5-6,9,12,18H,1-4,7-8,10,15H2. The fraction of sp³-hybridized carbons (Fsp3) is 0.571. The van der Waals surface area contributed by atoms with E-state index >= 15 is 0 Å². The maximum Gasteiger partial charge on any atom is 0.269 e. The fourth-order valence-electron chi connectivity index (χ4n) is 2.48. The summed E-state index contributed by atoms with van der Waals surface area (Å²) in [5, 5.41) is 19.8. The molecule has 1 fully saturated rings. The van der Waals surface area contributed by atoms with E-state index in [1.807, 2.05) is 0 Å². The second kappa shape index (κ2) is 6.67. The lowest BCUT2D eigenvalue weighted by atomic mass is 9.91. The van der Waals surface area contributed by atoms with Crippen LogP contribution in [0.3, 0.4) is 0 Å². The first-order chi connectivity index (χ1) is 9.61. The number of benzene rings is 1. The first-order valence-corrected chi connectivity index (χ1v) is 6.99. The van der Waals surface area contributed by atoms with E-state index in [2.05, 4.69) is 4.90 Å². The maximum atomic E-state index is 10.8. The number of nitrogens with zero attached hydrogens (tertiary/aromatic N) is 2. The number of nitrogens with two attached hydrogens (primary N) is 1. The third-order valence-corrected chi connectivity index (χ3v) is 3.91. The zero-order chi connectivity index (χ0) is 14.5. The molecule has 3 N–H and O–H groups in total. The van der Waals surface area contributed by atoms with Gasteiger partial charge in [0.05, 0.1) is 4.92 Å². The van der Waals surface area contributed by atoms with Crippen LogP contribution in [0.15, 0.2) is 18.2 Å². The van der Waals surface area contributed by atoms with Gasteiger partial charge in [-0.2, -0.15) is 0 Å². The highest BCUT2D eigenvalue weighted by atomic mass is 16.6. The summed E-state index contributed by atoms with van der Waals surface area (Å²) in [6.07, 6.45) is 4.25. The number of rotatable bonds is 7. The molecule has 6 heteroatoms. The third kappa shape index (κ3) is 3.46. The zero-order valence-corrected chi connectivity index (χ0v) is 11.5. The van der Waals surface area contributed by atoms with Gasteiger partial charge in [-0.25, -0.2) is 0 Å². The van der Waals surface area contributed by atoms with Crippen molar-refractivity contribution in [3.05, 3.63) is 33.9 Å². The first kappa shape index (κ1) is 14.7. The molecule has 0 amide bonds. The predicted molar refractivity (Wildman–Crippen MR) is 77.3 cm³/mol. The van der Waals surface area contributed by atoms with Crippen molar-refractivity contribution >= 4 is 11.4 Å². The SMILES string of the molecule is Nc1ccc([N+](=O)[O-])cc1CN(CCCO)C1CCC1. The largest absolute Gasteiger partial charge is 0.398 e. The molecule has 20 heavy (non-hydrogen) atoms. The molecule has 1 saturated carbocycles. The average molecular weight is 279 g/mol. The topological polar surface area (TPSA) is 92.6 Å². The molecule has 0 aromatic heterocycles. The van der Waals surface area contributed by atoms with E-state index in [1.165, 1.54) is 12.5 Å². The quantitative estimate of drug-likeness (QED) is 0.452. The minimum atomic E-state index is -0.398. The summed E-state index contributed by atoms with van der Waals surface area (Å²) in [6, 6.07) is 5.10. The number of hydrogen-bond acceptors (Lipinski definition) is 5. The van der Waals surface area contributed by atoms with Crippen LogP contribution in [-0.4, -0.2) is 34.1 Å². The lowest BCUT2D eigenvalue weighted by molar-refractivity contribution is -0.384. The Bertz CT molecular complexity index is 475. The summed E-state index contributed by atoms with van der Waals surface area (Å²) >= 11 is 0. The molecule has 1 aromatic rings. The Morgan fingerprint density at radius 1 is 1.45 bits per heavy atom. The number of aliphatic hydroxyl groups excluding tert-OH is 1. The van der Waals surface area contributed by atoms with Crippen LogP contribution in [0, 0.1) is 10.1 Å². The van der Waals surface area contributed by atoms with Gasteiger partial charge in [0.25, 0.3) is 5.69 Å². The summed E-state index contributed by atoms with van der Waals surface area (Å²) in [5.74, 6) is 0. The van der Waals surface area contributed by atoms with Gasteiger partial charge < -0.3 is 10.8 Å². The molecule has 6 nitrogen and oxygen atoms in total. The van der Waals surface area contributed by atoms with Gasteiger partial charge in [-0.15, -0.1) is 0 Å². The Morgan fingerprint density at radius 2 is 2.20 bits per heavy atom. The molecule has 1 aliphatic rings. The summed E-state index contributed by atoms with van der Waals surface area (Å²) in [4.78, 5) is 12.7. The van der Waals surface area contributed by atoms with Crippen LogP contribution in [0.2, 0.25) is 0 Å². The van der Waals surface area contributed by atoms with Crippen molar-refractivity contribution in [2.75, 3.05) is 18.9 Å². The Labute approximate surface area is 118 Å². The van der Waals surface area contributed by atoms with Crippen LogP contribution in [0.25, 0.3) is 0 Å². The Kier molecular flexibility index (Phi) is 4.92. The Morgan fingerprint density at radius 3 is 2.75 bits per heavy atom. The van der Waals surface area contributed by atoms with Crippen LogP contribution in [0.1, 0.15) is 31.2 Å². The third-order valence-electron chi connectivity index (χ3n) is 3.91. The highest BCUT2D eigenvalue weighted by Gasteiger charge is 2.25. The number of nitro benzene ring substituents is 1. The van der Waals surface area contributed by atoms with E-state index in [-0.39, 0.29) is 12.3 Å². The second-order valence-corrected chi connectivity index (χ2v) is 5.27. The van der Waals surface area contributed by atoms with Gasteiger partial charge in [0, 0.05) is 43.6 Å². The van der Waals surface area contributed by atoms with Gasteiger partial charge >= 0.3 is 0 Å². The minimum Gasteiger partial charge on any atom is -0.398 e. The molecule has 1 aliphatic carbocycles. The molecule has 0 heterocycles. The zero-order valence-electron chi connectivity index (χ0n) is 11.5. The van der Waals surface area contributed by atoms with Crippen molar-refractivity contribution in [2.45, 2.75) is 38.3 Å². The van der Waals surface area contributed by atoms with Gasteiger partial charge in [-0.05, 0) is 30.9 Å². The van der Waals surface area contributed by atoms with Crippen molar-refractivity contribution in [3.63, 3.8) is 0 Å². The highest BCUT2D eigenvalue weighted by Crippen LogP contribution is 2.28. The smallest absolute Gasteiger partial charge is 0.269 e. The Hall–Kier alpha value is -1.66. The van der Waals surface area contributed by atoms with E-state index in [0.29, 0.717) is 24.7 Å². The van der Waals surface area contributed by atoms with Gasteiger partial charge in [-0.1, -0.05) is 6.42 Å². The molecule has 0 radical (unpaired) electrons. The van der Waals surface area contributed by atoms with Crippen molar-refractivity contribution in [3.8, 4) is 0 Å². The molecular weight excluding hydrogens is 258 g/mol. The lowest BCUT2D eigenvalue weighted by Crippen LogP contribution is -2.40. The number of hydrogen-bond donors (Lipinski definition) is 2. The van der Waals surface area contributed by atoms with Crippen LogP contribution in [0.4, 0.5) is 11.4 Å².